The lowest BCUT2D eigenvalue weighted by Crippen LogP contribution is -2.12. The number of allylic oxidation sites excluding steroid dienone is 1. The first-order chi connectivity index (χ1) is 12.2. The Kier molecular flexibility index (Phi) is 4.07. The van der Waals surface area contributed by atoms with E-state index in [1.165, 1.54) is 27.9 Å². The van der Waals surface area contributed by atoms with Crippen LogP contribution in [0.5, 0.6) is 0 Å². The molecule has 2 aromatic carbocycles. The summed E-state index contributed by atoms with van der Waals surface area (Å²) in [7, 11) is 0. The average molecular weight is 330 g/mol. The minimum Gasteiger partial charge on any atom is -0.355 e. The van der Waals surface area contributed by atoms with Crippen LogP contribution < -0.4 is 0 Å². The van der Waals surface area contributed by atoms with Crippen LogP contribution in [0.25, 0.3) is 27.9 Å². The Labute approximate surface area is 148 Å². The predicted octanol–water partition coefficient (Wildman–Crippen LogP) is 5.66. The Balaban J connectivity index is 1.91. The number of nitrogens with zero attached hydrogens (tertiary/aromatic N) is 2. The van der Waals surface area contributed by atoms with Gasteiger partial charge in [-0.3, -0.25) is 0 Å². The minimum atomic E-state index is 0.0860. The summed E-state index contributed by atoms with van der Waals surface area (Å²) in [4.78, 5) is 0. The number of para-hydroxylation sites is 1. The van der Waals surface area contributed by atoms with Crippen LogP contribution in [-0.2, 0) is 4.74 Å². The first-order valence-electron chi connectivity index (χ1n) is 8.97. The van der Waals surface area contributed by atoms with Crippen molar-refractivity contribution in [1.82, 2.24) is 4.57 Å². The first kappa shape index (κ1) is 15.9. The lowest BCUT2D eigenvalue weighted by Gasteiger charge is -2.17. The van der Waals surface area contributed by atoms with Gasteiger partial charge in [0.25, 0.3) is 0 Å². The molecule has 0 radical (unpaired) electrons. The van der Waals surface area contributed by atoms with Gasteiger partial charge in [0.05, 0.1) is 23.2 Å². The van der Waals surface area contributed by atoms with Gasteiger partial charge < -0.3 is 9.30 Å². The molecule has 3 aromatic rings. The fourth-order valence-electron chi connectivity index (χ4n) is 4.09. The van der Waals surface area contributed by atoms with Crippen molar-refractivity contribution in [3.8, 4) is 6.07 Å². The van der Waals surface area contributed by atoms with Crippen molar-refractivity contribution in [2.75, 3.05) is 0 Å². The monoisotopic (exact) mass is 330 g/mol. The number of benzene rings is 2. The van der Waals surface area contributed by atoms with E-state index in [-0.39, 0.29) is 6.23 Å². The van der Waals surface area contributed by atoms with Gasteiger partial charge in [0, 0.05) is 16.8 Å². The van der Waals surface area contributed by atoms with Gasteiger partial charge in [-0.05, 0) is 48.6 Å². The maximum absolute atomic E-state index is 8.78. The molecule has 1 aromatic heterocycles. The zero-order chi connectivity index (χ0) is 17.4. The highest BCUT2D eigenvalue weighted by molar-refractivity contribution is 6.08. The Morgan fingerprint density at radius 3 is 2.76 bits per heavy atom. The molecule has 0 amide bonds. The van der Waals surface area contributed by atoms with E-state index in [0.717, 1.165) is 18.4 Å². The van der Waals surface area contributed by atoms with E-state index in [1.54, 1.807) is 0 Å². The number of aromatic nitrogens is 1. The molecular formula is C22H22N2O. The minimum absolute atomic E-state index is 0.0860. The Hall–Kier alpha value is -2.57. The number of rotatable bonds is 3. The molecule has 1 fully saturated rings. The summed E-state index contributed by atoms with van der Waals surface area (Å²) in [5.41, 5.74) is 3.46. The first-order valence-corrected chi connectivity index (χ1v) is 8.97. The number of fused-ring (bicyclic) bond motifs is 3. The van der Waals surface area contributed by atoms with Gasteiger partial charge in [0.1, 0.15) is 6.23 Å². The molecule has 1 saturated heterocycles. The van der Waals surface area contributed by atoms with Gasteiger partial charge in [-0.25, -0.2) is 0 Å². The highest BCUT2D eigenvalue weighted by atomic mass is 16.5. The van der Waals surface area contributed by atoms with Crippen molar-refractivity contribution >= 4 is 27.9 Å². The van der Waals surface area contributed by atoms with E-state index in [1.807, 2.05) is 6.08 Å². The largest absolute Gasteiger partial charge is 0.355 e. The summed E-state index contributed by atoms with van der Waals surface area (Å²) < 4.78 is 8.74. The summed E-state index contributed by atoms with van der Waals surface area (Å²) in [6.07, 6.45) is 5.89. The lowest BCUT2D eigenvalue weighted by molar-refractivity contribution is -0.000309. The second-order valence-corrected chi connectivity index (χ2v) is 6.88. The van der Waals surface area contributed by atoms with E-state index in [2.05, 4.69) is 66.9 Å². The second-order valence-electron chi connectivity index (χ2n) is 6.88. The van der Waals surface area contributed by atoms with E-state index in [0.29, 0.717) is 12.0 Å². The van der Waals surface area contributed by atoms with E-state index >= 15 is 0 Å². The van der Waals surface area contributed by atoms with Gasteiger partial charge in [-0.2, -0.15) is 5.26 Å². The van der Waals surface area contributed by atoms with Crippen molar-refractivity contribution in [3.63, 3.8) is 0 Å². The van der Waals surface area contributed by atoms with Gasteiger partial charge in [-0.15, -0.1) is 0 Å². The molecule has 3 heteroatoms. The predicted molar refractivity (Wildman–Crippen MR) is 102 cm³/mol. The summed E-state index contributed by atoms with van der Waals surface area (Å²) in [5, 5.41) is 11.2. The topological polar surface area (TPSA) is 38.0 Å². The Morgan fingerprint density at radius 2 is 2.00 bits per heavy atom. The fourth-order valence-corrected chi connectivity index (χ4v) is 4.09. The molecule has 3 atom stereocenters. The number of hydrogen-bond donors (Lipinski definition) is 0. The summed E-state index contributed by atoms with van der Waals surface area (Å²) >= 11 is 0. The van der Waals surface area contributed by atoms with E-state index in [4.69, 9.17) is 10.00 Å². The lowest BCUT2D eigenvalue weighted by atomic mass is 10.0. The maximum atomic E-state index is 8.78. The molecule has 3 nitrogen and oxygen atoms in total. The molecule has 2 heterocycles. The van der Waals surface area contributed by atoms with Crippen molar-refractivity contribution in [2.45, 2.75) is 39.0 Å². The van der Waals surface area contributed by atoms with Crippen LogP contribution in [0.3, 0.4) is 0 Å². The van der Waals surface area contributed by atoms with Gasteiger partial charge in [0.2, 0.25) is 0 Å². The van der Waals surface area contributed by atoms with Gasteiger partial charge in [0.15, 0.2) is 0 Å². The summed E-state index contributed by atoms with van der Waals surface area (Å²) in [6.45, 7) is 4.48. The molecule has 1 aliphatic heterocycles. The van der Waals surface area contributed by atoms with Crippen molar-refractivity contribution in [3.05, 3.63) is 54.1 Å². The molecule has 1 unspecified atom stereocenters. The number of nitriles is 1. The van der Waals surface area contributed by atoms with Gasteiger partial charge >= 0.3 is 0 Å². The smallest absolute Gasteiger partial charge is 0.135 e. The number of ether oxygens (including phenoxy) is 1. The fraction of sp³-hybridized carbons (Fsp3) is 0.318. The van der Waals surface area contributed by atoms with Crippen LogP contribution in [0.2, 0.25) is 0 Å². The molecule has 0 aliphatic carbocycles. The molecule has 1 aliphatic rings. The van der Waals surface area contributed by atoms with E-state index in [9.17, 15) is 0 Å². The van der Waals surface area contributed by atoms with E-state index < -0.39 is 0 Å². The standard InChI is InChI=1S/C22H22N2O/c1-3-21-15(2)13-22(25-21)24-19-9-5-4-8-17(19)18-14-16(7-6-12-23)10-11-20(18)24/h4-11,14-15,21-22H,3,13H2,1-2H3/b7-6+/t15?,21-,22-/m1/s1. The third-order valence-electron chi connectivity index (χ3n) is 5.31. The molecule has 25 heavy (non-hydrogen) atoms. The maximum Gasteiger partial charge on any atom is 0.135 e. The zero-order valence-corrected chi connectivity index (χ0v) is 14.6. The van der Waals surface area contributed by atoms with Crippen LogP contribution >= 0.6 is 0 Å². The molecule has 0 saturated carbocycles. The van der Waals surface area contributed by atoms with Crippen LogP contribution in [0.4, 0.5) is 0 Å². The molecule has 126 valence electrons. The Bertz CT molecular complexity index is 992. The molecular weight excluding hydrogens is 308 g/mol. The van der Waals surface area contributed by atoms with Crippen LogP contribution in [-0.4, -0.2) is 10.7 Å². The van der Waals surface area contributed by atoms with Crippen molar-refractivity contribution in [2.24, 2.45) is 5.92 Å². The SMILES string of the molecule is CC[C@H]1O[C@@H](n2c3ccccc3c3cc(/C=C/C#N)ccc32)CC1C. The van der Waals surface area contributed by atoms with Crippen LogP contribution in [0.15, 0.2) is 48.5 Å². The summed E-state index contributed by atoms with van der Waals surface area (Å²) in [5.74, 6) is 0.573. The normalized spacial score (nSPS) is 23.6. The highest BCUT2D eigenvalue weighted by Crippen LogP contribution is 2.40. The molecule has 4 rings (SSSR count). The molecule has 0 spiro atoms. The highest BCUT2D eigenvalue weighted by Gasteiger charge is 2.33. The molecule has 0 bridgehead atoms. The number of hydrogen-bond acceptors (Lipinski definition) is 2. The van der Waals surface area contributed by atoms with Crippen LogP contribution in [0, 0.1) is 17.2 Å². The molecule has 0 N–H and O–H groups in total. The van der Waals surface area contributed by atoms with Gasteiger partial charge in [-0.1, -0.05) is 38.1 Å². The second kappa shape index (κ2) is 6.38. The zero-order valence-electron chi connectivity index (χ0n) is 14.6. The summed E-state index contributed by atoms with van der Waals surface area (Å²) in [6, 6.07) is 17.0. The Morgan fingerprint density at radius 1 is 1.20 bits per heavy atom. The third-order valence-corrected chi connectivity index (χ3v) is 5.31. The van der Waals surface area contributed by atoms with Crippen molar-refractivity contribution in [1.29, 1.82) is 5.26 Å². The third kappa shape index (κ3) is 2.63. The average Bonchev–Trinajstić information content (AvgIpc) is 3.17. The van der Waals surface area contributed by atoms with Crippen molar-refractivity contribution < 1.29 is 4.74 Å². The van der Waals surface area contributed by atoms with Crippen LogP contribution in [0.1, 0.15) is 38.5 Å². The quantitative estimate of drug-likeness (QED) is 0.581.